The van der Waals surface area contributed by atoms with Gasteiger partial charge >= 0.3 is 0 Å². The molecule has 1 aromatic rings. The van der Waals surface area contributed by atoms with Crippen LogP contribution in [0, 0.1) is 0 Å². The molecular formula is C19H29N3O4S. The van der Waals surface area contributed by atoms with E-state index in [2.05, 4.69) is 5.32 Å². The van der Waals surface area contributed by atoms with Gasteiger partial charge in [0.05, 0.1) is 4.90 Å². The molecule has 1 aromatic carbocycles. The number of nitrogens with one attached hydrogen (secondary N) is 1. The molecule has 0 aliphatic carbocycles. The molecule has 1 N–H and O–H groups in total. The van der Waals surface area contributed by atoms with Gasteiger partial charge in [0.15, 0.2) is 0 Å². The molecule has 1 fully saturated rings. The van der Waals surface area contributed by atoms with Crippen molar-refractivity contribution in [2.24, 2.45) is 0 Å². The molecule has 2 amide bonds. The third-order valence-corrected chi connectivity index (χ3v) is 6.90. The molecule has 1 heterocycles. The van der Waals surface area contributed by atoms with E-state index >= 15 is 0 Å². The van der Waals surface area contributed by atoms with Crippen LogP contribution in [-0.2, 0) is 14.8 Å². The van der Waals surface area contributed by atoms with Crippen molar-refractivity contribution in [1.82, 2.24) is 14.5 Å². The van der Waals surface area contributed by atoms with Crippen molar-refractivity contribution in [3.63, 3.8) is 0 Å². The van der Waals surface area contributed by atoms with E-state index in [0.29, 0.717) is 31.7 Å². The predicted octanol–water partition coefficient (Wildman–Crippen LogP) is 1.85. The van der Waals surface area contributed by atoms with E-state index in [1.807, 2.05) is 13.8 Å². The Morgan fingerprint density at radius 3 is 2.30 bits per heavy atom. The molecule has 150 valence electrons. The van der Waals surface area contributed by atoms with Gasteiger partial charge in [-0.15, -0.1) is 0 Å². The molecule has 1 aliphatic rings. The molecule has 0 spiro atoms. The van der Waals surface area contributed by atoms with Crippen LogP contribution in [0.3, 0.4) is 0 Å². The van der Waals surface area contributed by atoms with Crippen molar-refractivity contribution < 1.29 is 18.0 Å². The molecule has 7 nitrogen and oxygen atoms in total. The minimum Gasteiger partial charge on any atom is -0.350 e. The molecule has 2 rings (SSSR count). The Kier molecular flexibility index (Phi) is 7.38. The van der Waals surface area contributed by atoms with Gasteiger partial charge in [0.25, 0.3) is 5.91 Å². The van der Waals surface area contributed by atoms with Crippen LogP contribution >= 0.6 is 0 Å². The highest BCUT2D eigenvalue weighted by molar-refractivity contribution is 7.89. The molecule has 27 heavy (non-hydrogen) atoms. The van der Waals surface area contributed by atoms with Crippen LogP contribution < -0.4 is 5.32 Å². The van der Waals surface area contributed by atoms with Gasteiger partial charge in [0.1, 0.15) is 0 Å². The maximum Gasteiger partial charge on any atom is 0.251 e. The van der Waals surface area contributed by atoms with Gasteiger partial charge in [-0.3, -0.25) is 9.59 Å². The van der Waals surface area contributed by atoms with E-state index in [0.717, 1.165) is 19.3 Å². The Bertz CT molecular complexity index is 756. The molecule has 0 aromatic heterocycles. The van der Waals surface area contributed by atoms with Gasteiger partial charge in [-0.25, -0.2) is 8.42 Å². The lowest BCUT2D eigenvalue weighted by atomic mass is 10.2. The SMILES string of the molecule is CCC(C)N(CCNC(=O)c1ccc(S(=O)(=O)N2CCCC2)cc1)C(C)=O. The molecule has 1 atom stereocenters. The van der Waals surface area contributed by atoms with Gasteiger partial charge in [-0.2, -0.15) is 4.31 Å². The Labute approximate surface area is 161 Å². The lowest BCUT2D eigenvalue weighted by Crippen LogP contribution is -2.42. The van der Waals surface area contributed by atoms with Crippen LogP contribution in [0.25, 0.3) is 0 Å². The highest BCUT2D eigenvalue weighted by Crippen LogP contribution is 2.21. The number of amides is 2. The smallest absolute Gasteiger partial charge is 0.251 e. The first-order chi connectivity index (χ1) is 12.8. The first kappa shape index (κ1) is 21.4. The summed E-state index contributed by atoms with van der Waals surface area (Å²) < 4.78 is 26.5. The Morgan fingerprint density at radius 2 is 1.78 bits per heavy atom. The summed E-state index contributed by atoms with van der Waals surface area (Å²) in [5, 5.41) is 2.78. The number of hydrogen-bond acceptors (Lipinski definition) is 4. The second-order valence-electron chi connectivity index (χ2n) is 6.86. The maximum absolute atomic E-state index is 12.5. The van der Waals surface area contributed by atoms with E-state index in [9.17, 15) is 18.0 Å². The largest absolute Gasteiger partial charge is 0.350 e. The first-order valence-corrected chi connectivity index (χ1v) is 10.9. The van der Waals surface area contributed by atoms with Crippen LogP contribution in [0.1, 0.15) is 50.4 Å². The van der Waals surface area contributed by atoms with Gasteiger partial charge in [-0.05, 0) is 50.5 Å². The third kappa shape index (κ3) is 5.29. The Hall–Kier alpha value is -1.93. The fourth-order valence-electron chi connectivity index (χ4n) is 3.16. The number of nitrogens with zero attached hydrogens (tertiary/aromatic N) is 2. The van der Waals surface area contributed by atoms with Crippen LogP contribution in [0.15, 0.2) is 29.2 Å². The number of sulfonamides is 1. The van der Waals surface area contributed by atoms with Gasteiger partial charge in [0, 0.05) is 44.7 Å². The minimum atomic E-state index is -3.47. The fraction of sp³-hybridized carbons (Fsp3) is 0.579. The van der Waals surface area contributed by atoms with Gasteiger partial charge in [0.2, 0.25) is 15.9 Å². The van der Waals surface area contributed by atoms with E-state index in [1.54, 1.807) is 4.90 Å². The summed E-state index contributed by atoms with van der Waals surface area (Å²) >= 11 is 0. The zero-order valence-corrected chi connectivity index (χ0v) is 17.1. The van der Waals surface area contributed by atoms with E-state index < -0.39 is 10.0 Å². The third-order valence-electron chi connectivity index (χ3n) is 4.98. The van der Waals surface area contributed by atoms with Crippen LogP contribution in [0.2, 0.25) is 0 Å². The summed E-state index contributed by atoms with van der Waals surface area (Å²) in [6.07, 6.45) is 2.61. The monoisotopic (exact) mass is 395 g/mol. The summed E-state index contributed by atoms with van der Waals surface area (Å²) in [7, 11) is -3.47. The maximum atomic E-state index is 12.5. The Morgan fingerprint density at radius 1 is 1.19 bits per heavy atom. The zero-order chi connectivity index (χ0) is 20.0. The van der Waals surface area contributed by atoms with Gasteiger partial charge < -0.3 is 10.2 Å². The van der Waals surface area contributed by atoms with Crippen LogP contribution in [-0.4, -0.2) is 61.7 Å². The average molecular weight is 396 g/mol. The molecule has 1 saturated heterocycles. The standard InChI is InChI=1S/C19H29N3O4S/c1-4-15(2)22(16(3)23)14-11-20-19(24)17-7-9-18(10-8-17)27(25,26)21-12-5-6-13-21/h7-10,15H,4-6,11-14H2,1-3H3,(H,20,24). The highest BCUT2D eigenvalue weighted by Gasteiger charge is 2.27. The fourth-order valence-corrected chi connectivity index (χ4v) is 4.67. The quantitative estimate of drug-likeness (QED) is 0.728. The van der Waals surface area contributed by atoms with Crippen molar-refractivity contribution >= 4 is 21.8 Å². The molecule has 0 bridgehead atoms. The van der Waals surface area contributed by atoms with E-state index in [1.165, 1.54) is 35.5 Å². The molecule has 1 aliphatic heterocycles. The Balaban J connectivity index is 1.94. The second kappa shape index (κ2) is 9.32. The van der Waals surface area contributed by atoms with Crippen molar-refractivity contribution in [2.45, 2.75) is 51.0 Å². The van der Waals surface area contributed by atoms with Crippen molar-refractivity contribution in [3.8, 4) is 0 Å². The topological polar surface area (TPSA) is 86.8 Å². The number of hydrogen-bond donors (Lipinski definition) is 1. The summed E-state index contributed by atoms with van der Waals surface area (Å²) in [6.45, 7) is 7.39. The van der Waals surface area contributed by atoms with Crippen molar-refractivity contribution in [1.29, 1.82) is 0 Å². The molecule has 0 saturated carbocycles. The number of carbonyl (C=O) groups excluding carboxylic acids is 2. The lowest BCUT2D eigenvalue weighted by molar-refractivity contribution is -0.130. The summed E-state index contributed by atoms with van der Waals surface area (Å²) in [5.74, 6) is -0.303. The van der Waals surface area contributed by atoms with Crippen molar-refractivity contribution in [2.75, 3.05) is 26.2 Å². The lowest BCUT2D eigenvalue weighted by Gasteiger charge is -2.27. The normalized spacial score (nSPS) is 16.1. The summed E-state index contributed by atoms with van der Waals surface area (Å²) in [4.78, 5) is 25.9. The number of benzene rings is 1. The first-order valence-electron chi connectivity index (χ1n) is 9.43. The van der Waals surface area contributed by atoms with Gasteiger partial charge in [-0.1, -0.05) is 6.92 Å². The average Bonchev–Trinajstić information content (AvgIpc) is 3.20. The number of carbonyl (C=O) groups is 2. The zero-order valence-electron chi connectivity index (χ0n) is 16.3. The summed E-state index contributed by atoms with van der Waals surface area (Å²) in [5.41, 5.74) is 0.397. The predicted molar refractivity (Wildman–Crippen MR) is 104 cm³/mol. The molecular weight excluding hydrogens is 366 g/mol. The highest BCUT2D eigenvalue weighted by atomic mass is 32.2. The molecule has 8 heteroatoms. The van der Waals surface area contributed by atoms with Crippen LogP contribution in [0.5, 0.6) is 0 Å². The van der Waals surface area contributed by atoms with E-state index in [-0.39, 0.29) is 22.8 Å². The summed E-state index contributed by atoms with van der Waals surface area (Å²) in [6, 6.07) is 6.12. The minimum absolute atomic E-state index is 0.0185. The molecule has 0 radical (unpaired) electrons. The van der Waals surface area contributed by atoms with E-state index in [4.69, 9.17) is 0 Å². The van der Waals surface area contributed by atoms with Crippen LogP contribution in [0.4, 0.5) is 0 Å². The number of rotatable bonds is 8. The molecule has 1 unspecified atom stereocenters. The second-order valence-corrected chi connectivity index (χ2v) is 8.80. The van der Waals surface area contributed by atoms with Crippen molar-refractivity contribution in [3.05, 3.63) is 29.8 Å².